The Bertz CT molecular complexity index is 1080. The fraction of sp³-hybridized carbons (Fsp3) is 0.105. The van der Waals surface area contributed by atoms with Gasteiger partial charge in [-0.3, -0.25) is 0 Å². The van der Waals surface area contributed by atoms with Crippen molar-refractivity contribution in [1.29, 1.82) is 0 Å². The van der Waals surface area contributed by atoms with E-state index in [0.717, 1.165) is 32.9 Å². The summed E-state index contributed by atoms with van der Waals surface area (Å²) in [6.45, 7) is 4.09. The third-order valence-corrected chi connectivity index (χ3v) is 4.19. The van der Waals surface area contributed by atoms with Crippen molar-refractivity contribution in [1.82, 2.24) is 14.5 Å². The van der Waals surface area contributed by atoms with E-state index in [-0.39, 0.29) is 5.95 Å². The molecular formula is C19H19N5O. The first-order chi connectivity index (χ1) is 12.0. The molecule has 2 heterocycles. The van der Waals surface area contributed by atoms with Gasteiger partial charge >= 0.3 is 0 Å². The molecule has 2 aromatic heterocycles. The predicted molar refractivity (Wildman–Crippen MR) is 102 cm³/mol. The number of rotatable bonds is 1. The Morgan fingerprint density at radius 2 is 1.84 bits per heavy atom. The molecule has 0 saturated heterocycles. The van der Waals surface area contributed by atoms with Gasteiger partial charge in [-0.1, -0.05) is 29.8 Å². The van der Waals surface area contributed by atoms with Crippen molar-refractivity contribution in [2.45, 2.75) is 6.92 Å². The predicted octanol–water partition coefficient (Wildman–Crippen LogP) is 3.08. The first kappa shape index (κ1) is 16.4. The number of anilines is 2. The van der Waals surface area contributed by atoms with E-state index in [9.17, 15) is 0 Å². The van der Waals surface area contributed by atoms with Gasteiger partial charge < -0.3 is 20.8 Å². The third-order valence-electron chi connectivity index (χ3n) is 4.19. The zero-order valence-corrected chi connectivity index (χ0v) is 14.2. The first-order valence-corrected chi connectivity index (χ1v) is 7.71. The number of hydrogen-bond acceptors (Lipinski definition) is 5. The smallest absolute Gasteiger partial charge is 0.222 e. The molecule has 0 fully saturated rings. The summed E-state index contributed by atoms with van der Waals surface area (Å²) in [6.07, 6.45) is 2.03. The lowest BCUT2D eigenvalue weighted by Gasteiger charge is -2.11. The number of fused-ring (bicyclic) bond motifs is 3. The van der Waals surface area contributed by atoms with Crippen molar-refractivity contribution in [2.24, 2.45) is 7.05 Å². The van der Waals surface area contributed by atoms with Crippen LogP contribution in [-0.2, 0) is 11.8 Å². The Hall–Kier alpha value is -3.41. The van der Waals surface area contributed by atoms with E-state index >= 15 is 0 Å². The minimum atomic E-state index is 0.195. The molecule has 0 bridgehead atoms. The molecule has 0 radical (unpaired) electrons. The van der Waals surface area contributed by atoms with Crippen molar-refractivity contribution in [3.63, 3.8) is 0 Å². The van der Waals surface area contributed by atoms with Crippen molar-refractivity contribution in [2.75, 3.05) is 11.5 Å². The maximum Gasteiger partial charge on any atom is 0.222 e. The molecule has 0 aliphatic rings. The standard InChI is InChI=1S/C18H17N5.CH2O/c1-10-4-3-5-11(8-10)13-9-14-15(17(19)22-18(20)21-14)12-6-7-23(2)16(12)13;1-2/h3-9H,1-2H3,(H4,19,20,21,22);1H2. The Morgan fingerprint density at radius 3 is 2.56 bits per heavy atom. The van der Waals surface area contributed by atoms with Gasteiger partial charge in [-0.05, 0) is 24.6 Å². The fourth-order valence-corrected chi connectivity index (χ4v) is 3.20. The number of carbonyl (C=O) groups excluding carboxylic acids is 1. The molecule has 6 nitrogen and oxygen atoms in total. The molecule has 4 N–H and O–H groups in total. The highest BCUT2D eigenvalue weighted by Crippen LogP contribution is 2.36. The number of nitrogens with zero attached hydrogens (tertiary/aromatic N) is 3. The Morgan fingerprint density at radius 1 is 1.08 bits per heavy atom. The lowest BCUT2D eigenvalue weighted by atomic mass is 9.98. The molecule has 0 saturated carbocycles. The summed E-state index contributed by atoms with van der Waals surface area (Å²) in [5.41, 5.74) is 17.2. The van der Waals surface area contributed by atoms with Gasteiger partial charge in [0, 0.05) is 24.2 Å². The lowest BCUT2D eigenvalue weighted by Crippen LogP contribution is -2.01. The molecular weight excluding hydrogens is 314 g/mol. The molecule has 126 valence electrons. The Balaban J connectivity index is 0.000000880. The zero-order chi connectivity index (χ0) is 18.1. The van der Waals surface area contributed by atoms with Gasteiger partial charge in [-0.15, -0.1) is 0 Å². The highest BCUT2D eigenvalue weighted by Gasteiger charge is 2.15. The SMILES string of the molecule is C=O.Cc1cccc(-c2cc3nc(N)nc(N)c3c3ccn(C)c23)c1. The second-order valence-electron chi connectivity index (χ2n) is 5.84. The quantitative estimate of drug-likeness (QED) is 0.557. The first-order valence-electron chi connectivity index (χ1n) is 7.71. The number of aryl methyl sites for hydroxylation is 2. The zero-order valence-electron chi connectivity index (χ0n) is 14.2. The number of nitrogen functional groups attached to an aromatic ring is 2. The van der Waals surface area contributed by atoms with E-state index in [1.165, 1.54) is 5.56 Å². The summed E-state index contributed by atoms with van der Waals surface area (Å²) in [4.78, 5) is 16.5. The van der Waals surface area contributed by atoms with E-state index in [4.69, 9.17) is 16.3 Å². The molecule has 0 aliphatic heterocycles. The van der Waals surface area contributed by atoms with Gasteiger partial charge in [0.15, 0.2) is 0 Å². The van der Waals surface area contributed by atoms with E-state index in [0.29, 0.717) is 5.82 Å². The van der Waals surface area contributed by atoms with E-state index in [1.807, 2.05) is 32.2 Å². The molecule has 0 spiro atoms. The Kier molecular flexibility index (Phi) is 4.10. The molecule has 25 heavy (non-hydrogen) atoms. The van der Waals surface area contributed by atoms with Crippen molar-refractivity contribution in [3.05, 3.63) is 48.2 Å². The molecule has 0 unspecified atom stereocenters. The van der Waals surface area contributed by atoms with Gasteiger partial charge in [0.05, 0.1) is 16.4 Å². The van der Waals surface area contributed by atoms with Crippen LogP contribution in [0.25, 0.3) is 32.9 Å². The van der Waals surface area contributed by atoms with Crippen LogP contribution in [-0.4, -0.2) is 21.3 Å². The van der Waals surface area contributed by atoms with Crippen molar-refractivity contribution >= 4 is 40.4 Å². The molecule has 0 amide bonds. The number of benzene rings is 2. The second kappa shape index (κ2) is 6.24. The normalized spacial score (nSPS) is 10.6. The summed E-state index contributed by atoms with van der Waals surface area (Å²) in [7, 11) is 2.03. The van der Waals surface area contributed by atoms with Crippen molar-refractivity contribution in [3.8, 4) is 11.1 Å². The topological polar surface area (TPSA) is 99.8 Å². The summed E-state index contributed by atoms with van der Waals surface area (Å²) < 4.78 is 2.10. The average Bonchev–Trinajstić information content (AvgIpc) is 2.97. The van der Waals surface area contributed by atoms with Crippen LogP contribution in [0.2, 0.25) is 0 Å². The van der Waals surface area contributed by atoms with Crippen LogP contribution in [0.15, 0.2) is 42.6 Å². The van der Waals surface area contributed by atoms with Crippen LogP contribution in [0.3, 0.4) is 0 Å². The number of aromatic nitrogens is 3. The van der Waals surface area contributed by atoms with Gasteiger partial charge in [0.2, 0.25) is 5.95 Å². The molecule has 4 aromatic rings. The average molecular weight is 333 g/mol. The molecule has 0 aliphatic carbocycles. The maximum absolute atomic E-state index is 8.00. The van der Waals surface area contributed by atoms with Crippen LogP contribution in [0, 0.1) is 6.92 Å². The molecule has 4 rings (SSSR count). The number of nitrogens with two attached hydrogens (primary N) is 2. The van der Waals surface area contributed by atoms with Gasteiger partial charge in [0.25, 0.3) is 0 Å². The van der Waals surface area contributed by atoms with Crippen LogP contribution < -0.4 is 11.5 Å². The molecule has 0 atom stereocenters. The molecule has 6 heteroatoms. The van der Waals surface area contributed by atoms with Crippen molar-refractivity contribution < 1.29 is 4.79 Å². The van der Waals surface area contributed by atoms with Crippen LogP contribution in [0.1, 0.15) is 5.56 Å². The van der Waals surface area contributed by atoms with E-state index < -0.39 is 0 Å². The largest absolute Gasteiger partial charge is 0.383 e. The minimum Gasteiger partial charge on any atom is -0.383 e. The van der Waals surface area contributed by atoms with Crippen LogP contribution in [0.5, 0.6) is 0 Å². The van der Waals surface area contributed by atoms with E-state index in [1.54, 1.807) is 0 Å². The molecule has 2 aromatic carbocycles. The summed E-state index contributed by atoms with van der Waals surface area (Å²) in [6, 6.07) is 12.5. The summed E-state index contributed by atoms with van der Waals surface area (Å²) in [5, 5.41) is 1.89. The van der Waals surface area contributed by atoms with Crippen LogP contribution in [0.4, 0.5) is 11.8 Å². The summed E-state index contributed by atoms with van der Waals surface area (Å²) in [5.74, 6) is 0.611. The third kappa shape index (κ3) is 2.67. The maximum atomic E-state index is 8.00. The second-order valence-corrected chi connectivity index (χ2v) is 5.84. The summed E-state index contributed by atoms with van der Waals surface area (Å²) >= 11 is 0. The monoisotopic (exact) mass is 333 g/mol. The van der Waals surface area contributed by atoms with Gasteiger partial charge in [-0.2, -0.15) is 4.98 Å². The number of hydrogen-bond donors (Lipinski definition) is 2. The number of carbonyl (C=O) groups is 1. The highest BCUT2D eigenvalue weighted by molar-refractivity contribution is 6.15. The Labute approximate surface area is 145 Å². The van der Waals surface area contributed by atoms with Gasteiger partial charge in [-0.25, -0.2) is 4.98 Å². The lowest BCUT2D eigenvalue weighted by molar-refractivity contribution is -0.0979. The van der Waals surface area contributed by atoms with Crippen LogP contribution >= 0.6 is 0 Å². The van der Waals surface area contributed by atoms with Gasteiger partial charge in [0.1, 0.15) is 12.6 Å². The highest BCUT2D eigenvalue weighted by atomic mass is 16.1. The fourth-order valence-electron chi connectivity index (χ4n) is 3.20. The van der Waals surface area contributed by atoms with E-state index in [2.05, 4.69) is 45.7 Å². The minimum absolute atomic E-state index is 0.195.